The summed E-state index contributed by atoms with van der Waals surface area (Å²) in [4.78, 5) is 30.4. The first-order valence-corrected chi connectivity index (χ1v) is 11.2. The summed E-state index contributed by atoms with van der Waals surface area (Å²) in [6.07, 6.45) is 0. The van der Waals surface area contributed by atoms with Crippen LogP contribution in [0.25, 0.3) is 11.0 Å². The molecule has 0 aliphatic carbocycles. The molecule has 1 aliphatic rings. The monoisotopic (exact) mass is 455 g/mol. The zero-order valence-corrected chi connectivity index (χ0v) is 18.9. The third kappa shape index (κ3) is 4.08. The molecule has 1 aliphatic heterocycles. The zero-order chi connectivity index (χ0) is 23.5. The quantitative estimate of drug-likeness (QED) is 0.474. The lowest BCUT2D eigenvalue weighted by Gasteiger charge is -2.36. The number of furan rings is 1. The minimum Gasteiger partial charge on any atom is -0.495 e. The first-order chi connectivity index (χ1) is 16.7. The third-order valence-corrected chi connectivity index (χ3v) is 6.06. The van der Waals surface area contributed by atoms with E-state index in [-0.39, 0.29) is 17.6 Å². The highest BCUT2D eigenvalue weighted by molar-refractivity contribution is 6.14. The molecule has 5 rings (SSSR count). The summed E-state index contributed by atoms with van der Waals surface area (Å²) < 4.78 is 11.4. The lowest BCUT2D eigenvalue weighted by Crippen LogP contribution is -2.49. The molecule has 7 heteroatoms. The first-order valence-electron chi connectivity index (χ1n) is 11.2. The second-order valence-corrected chi connectivity index (χ2v) is 8.07. The summed E-state index contributed by atoms with van der Waals surface area (Å²) in [7, 11) is 1.66. The average Bonchev–Trinajstić information content (AvgIpc) is 3.27. The van der Waals surface area contributed by atoms with Gasteiger partial charge in [-0.3, -0.25) is 9.59 Å². The van der Waals surface area contributed by atoms with E-state index >= 15 is 0 Å². The number of nitrogens with zero attached hydrogens (tertiary/aromatic N) is 2. The number of fused-ring (bicyclic) bond motifs is 1. The van der Waals surface area contributed by atoms with E-state index in [0.29, 0.717) is 48.4 Å². The maximum atomic E-state index is 13.5. The fourth-order valence-corrected chi connectivity index (χ4v) is 4.28. The number of rotatable bonds is 5. The lowest BCUT2D eigenvalue weighted by molar-refractivity contribution is 0.0718. The van der Waals surface area contributed by atoms with Gasteiger partial charge in [0.2, 0.25) is 5.76 Å². The van der Waals surface area contributed by atoms with Crippen molar-refractivity contribution in [2.45, 2.75) is 0 Å². The van der Waals surface area contributed by atoms with E-state index in [4.69, 9.17) is 9.15 Å². The van der Waals surface area contributed by atoms with Crippen LogP contribution in [0.3, 0.4) is 0 Å². The number of ether oxygens (including phenoxy) is 1. The van der Waals surface area contributed by atoms with Crippen molar-refractivity contribution in [1.82, 2.24) is 4.90 Å². The van der Waals surface area contributed by atoms with Crippen LogP contribution in [0, 0.1) is 0 Å². The van der Waals surface area contributed by atoms with Crippen LogP contribution in [0.1, 0.15) is 20.9 Å². The normalized spacial score (nSPS) is 13.7. The molecule has 172 valence electrons. The molecule has 0 saturated carbocycles. The Kier molecular flexibility index (Phi) is 5.91. The zero-order valence-electron chi connectivity index (χ0n) is 18.9. The number of carbonyl (C=O) groups excluding carboxylic acids is 2. The lowest BCUT2D eigenvalue weighted by atomic mass is 10.1. The van der Waals surface area contributed by atoms with Gasteiger partial charge in [0.25, 0.3) is 11.8 Å². The van der Waals surface area contributed by atoms with Crippen molar-refractivity contribution >= 4 is 34.2 Å². The number of hydrogen-bond donors (Lipinski definition) is 1. The SMILES string of the molecule is COc1ccccc1N1CCN(C(=O)c2oc3ccccc3c2NC(=O)c2ccccc2)CC1. The van der Waals surface area contributed by atoms with Crippen LogP contribution in [0.2, 0.25) is 0 Å². The molecule has 1 aromatic heterocycles. The molecule has 0 atom stereocenters. The topological polar surface area (TPSA) is 75.0 Å². The number of para-hydroxylation sites is 3. The van der Waals surface area contributed by atoms with Gasteiger partial charge in [-0.2, -0.15) is 0 Å². The first kappa shape index (κ1) is 21.6. The fraction of sp³-hybridized carbons (Fsp3) is 0.185. The smallest absolute Gasteiger partial charge is 0.291 e. The van der Waals surface area contributed by atoms with Crippen molar-refractivity contribution in [2.75, 3.05) is 43.5 Å². The largest absolute Gasteiger partial charge is 0.495 e. The molecule has 34 heavy (non-hydrogen) atoms. The molecule has 0 radical (unpaired) electrons. The molecule has 7 nitrogen and oxygen atoms in total. The molecule has 2 heterocycles. The van der Waals surface area contributed by atoms with Crippen LogP contribution in [0.4, 0.5) is 11.4 Å². The Morgan fingerprint density at radius 2 is 1.53 bits per heavy atom. The summed E-state index contributed by atoms with van der Waals surface area (Å²) in [5.41, 5.74) is 2.48. The minimum absolute atomic E-state index is 0.149. The van der Waals surface area contributed by atoms with E-state index < -0.39 is 0 Å². The van der Waals surface area contributed by atoms with Gasteiger partial charge in [0, 0.05) is 37.1 Å². The molecule has 1 N–H and O–H groups in total. The van der Waals surface area contributed by atoms with Crippen LogP contribution in [-0.4, -0.2) is 50.0 Å². The van der Waals surface area contributed by atoms with Crippen LogP contribution in [0.5, 0.6) is 5.75 Å². The van der Waals surface area contributed by atoms with Gasteiger partial charge in [0.15, 0.2) is 0 Å². The highest BCUT2D eigenvalue weighted by atomic mass is 16.5. The van der Waals surface area contributed by atoms with Crippen molar-refractivity contribution in [3.63, 3.8) is 0 Å². The molecular weight excluding hydrogens is 430 g/mol. The number of nitrogens with one attached hydrogen (secondary N) is 1. The highest BCUT2D eigenvalue weighted by Gasteiger charge is 2.29. The van der Waals surface area contributed by atoms with E-state index in [0.717, 1.165) is 11.4 Å². The number of hydrogen-bond acceptors (Lipinski definition) is 5. The van der Waals surface area contributed by atoms with Crippen molar-refractivity contribution < 1.29 is 18.7 Å². The predicted molar refractivity (Wildman–Crippen MR) is 132 cm³/mol. The number of amides is 2. The highest BCUT2D eigenvalue weighted by Crippen LogP contribution is 2.33. The van der Waals surface area contributed by atoms with E-state index in [2.05, 4.69) is 10.2 Å². The van der Waals surface area contributed by atoms with Gasteiger partial charge in [-0.05, 0) is 36.4 Å². The Morgan fingerprint density at radius 3 is 2.29 bits per heavy atom. The summed E-state index contributed by atoms with van der Waals surface area (Å²) in [5.74, 6) is 0.433. The van der Waals surface area contributed by atoms with Crippen LogP contribution in [0.15, 0.2) is 83.3 Å². The average molecular weight is 456 g/mol. The summed E-state index contributed by atoms with van der Waals surface area (Å²) >= 11 is 0. The van der Waals surface area contributed by atoms with Crippen molar-refractivity contribution in [3.8, 4) is 5.75 Å². The van der Waals surface area contributed by atoms with Gasteiger partial charge in [0.1, 0.15) is 17.0 Å². The maximum Gasteiger partial charge on any atom is 0.291 e. The number of piperazine rings is 1. The molecule has 0 bridgehead atoms. The van der Waals surface area contributed by atoms with Crippen LogP contribution < -0.4 is 15.0 Å². The van der Waals surface area contributed by atoms with E-state index in [9.17, 15) is 9.59 Å². The van der Waals surface area contributed by atoms with Crippen molar-refractivity contribution in [1.29, 1.82) is 0 Å². The molecular formula is C27H25N3O4. The minimum atomic E-state index is -0.290. The van der Waals surface area contributed by atoms with E-state index in [1.807, 2.05) is 48.5 Å². The van der Waals surface area contributed by atoms with Crippen LogP contribution in [-0.2, 0) is 0 Å². The molecule has 0 unspecified atom stereocenters. The van der Waals surface area contributed by atoms with Crippen molar-refractivity contribution in [2.24, 2.45) is 0 Å². The predicted octanol–water partition coefficient (Wildman–Crippen LogP) is 4.66. The molecule has 2 amide bonds. The van der Waals surface area contributed by atoms with Gasteiger partial charge in [0.05, 0.1) is 12.8 Å². The Balaban J connectivity index is 1.38. The number of benzene rings is 3. The van der Waals surface area contributed by atoms with Crippen molar-refractivity contribution in [3.05, 3.63) is 90.2 Å². The Hall–Kier alpha value is -4.26. The van der Waals surface area contributed by atoms with Crippen LogP contribution >= 0.6 is 0 Å². The Labute approximate surface area is 197 Å². The van der Waals surface area contributed by atoms with E-state index in [1.54, 1.807) is 42.3 Å². The summed E-state index contributed by atoms with van der Waals surface area (Å²) in [6, 6.07) is 24.1. The molecule has 4 aromatic rings. The fourth-order valence-electron chi connectivity index (χ4n) is 4.28. The van der Waals surface area contributed by atoms with Gasteiger partial charge in [-0.1, -0.05) is 42.5 Å². The standard InChI is InChI=1S/C27H25N3O4/c1-33-23-14-8-6-12-21(23)29-15-17-30(18-16-29)27(32)25-24(20-11-5-7-13-22(20)34-25)28-26(31)19-9-3-2-4-10-19/h2-14H,15-18H2,1H3,(H,28,31). The number of methoxy groups -OCH3 is 1. The Morgan fingerprint density at radius 1 is 0.853 bits per heavy atom. The second kappa shape index (κ2) is 9.31. The van der Waals surface area contributed by atoms with Gasteiger partial charge < -0.3 is 24.3 Å². The van der Waals surface area contributed by atoms with Gasteiger partial charge in [-0.15, -0.1) is 0 Å². The summed E-state index contributed by atoms with van der Waals surface area (Å²) in [5, 5.41) is 3.61. The van der Waals surface area contributed by atoms with Gasteiger partial charge >= 0.3 is 0 Å². The summed E-state index contributed by atoms with van der Waals surface area (Å²) in [6.45, 7) is 2.39. The molecule has 0 spiro atoms. The third-order valence-electron chi connectivity index (χ3n) is 6.06. The second-order valence-electron chi connectivity index (χ2n) is 8.07. The van der Waals surface area contributed by atoms with E-state index in [1.165, 1.54) is 0 Å². The number of anilines is 2. The molecule has 3 aromatic carbocycles. The molecule has 1 fully saturated rings. The number of carbonyl (C=O) groups is 2. The Bertz CT molecular complexity index is 1320. The molecule has 1 saturated heterocycles. The maximum absolute atomic E-state index is 13.5. The van der Waals surface area contributed by atoms with Gasteiger partial charge in [-0.25, -0.2) is 0 Å².